The molecule has 0 fully saturated rings. The zero-order valence-corrected chi connectivity index (χ0v) is 13.3. The zero-order chi connectivity index (χ0) is 15.5. The number of thioether (sulfide) groups is 1. The molecule has 22 heavy (non-hydrogen) atoms. The second-order valence-electron chi connectivity index (χ2n) is 5.36. The summed E-state index contributed by atoms with van der Waals surface area (Å²) in [6, 6.07) is 10.8. The summed E-state index contributed by atoms with van der Waals surface area (Å²) in [5, 5.41) is 0. The van der Waals surface area contributed by atoms with Gasteiger partial charge < -0.3 is 4.74 Å². The summed E-state index contributed by atoms with van der Waals surface area (Å²) in [4.78, 5) is 1.07. The van der Waals surface area contributed by atoms with Crippen molar-refractivity contribution in [1.82, 2.24) is 0 Å². The molecular formula is C18H18F2OS. The van der Waals surface area contributed by atoms with E-state index in [1.807, 2.05) is 24.3 Å². The van der Waals surface area contributed by atoms with Gasteiger partial charge in [0.05, 0.1) is 0 Å². The molecule has 2 aromatic rings. The Morgan fingerprint density at radius 2 is 1.95 bits per heavy atom. The second kappa shape index (κ2) is 6.80. The van der Waals surface area contributed by atoms with Crippen LogP contribution >= 0.6 is 11.8 Å². The lowest BCUT2D eigenvalue weighted by atomic mass is 9.96. The lowest BCUT2D eigenvalue weighted by Gasteiger charge is -2.21. The molecule has 1 heterocycles. The predicted octanol–water partition coefficient (Wildman–Crippen LogP) is 5.48. The average Bonchev–Trinajstić information content (AvgIpc) is 2.69. The number of benzene rings is 2. The molecule has 4 heteroatoms. The molecule has 2 aromatic carbocycles. The summed E-state index contributed by atoms with van der Waals surface area (Å²) in [5.74, 6) is -1.12. The predicted molar refractivity (Wildman–Crippen MR) is 85.1 cm³/mol. The third-order valence-electron chi connectivity index (χ3n) is 3.87. The highest BCUT2D eigenvalue weighted by Crippen LogP contribution is 2.42. The summed E-state index contributed by atoms with van der Waals surface area (Å²) < 4.78 is 33.8. The van der Waals surface area contributed by atoms with Gasteiger partial charge in [0.25, 0.3) is 0 Å². The monoisotopic (exact) mass is 320 g/mol. The highest BCUT2D eigenvalue weighted by molar-refractivity contribution is 7.98. The minimum Gasteiger partial charge on any atom is -0.369 e. The molecule has 0 aliphatic carbocycles. The van der Waals surface area contributed by atoms with Crippen LogP contribution in [0.4, 0.5) is 8.78 Å². The fourth-order valence-corrected chi connectivity index (χ4v) is 3.78. The van der Waals surface area contributed by atoms with Gasteiger partial charge in [-0.15, -0.1) is 11.8 Å². The summed E-state index contributed by atoms with van der Waals surface area (Å²) in [6.07, 6.45) is 1.65. The van der Waals surface area contributed by atoms with E-state index in [0.717, 1.165) is 28.9 Å². The van der Waals surface area contributed by atoms with Crippen molar-refractivity contribution in [3.63, 3.8) is 0 Å². The summed E-state index contributed by atoms with van der Waals surface area (Å²) >= 11 is 1.53. The molecule has 0 saturated heterocycles. The summed E-state index contributed by atoms with van der Waals surface area (Å²) in [7, 11) is 0. The molecule has 1 aliphatic rings. The number of unbranched alkanes of at least 4 members (excludes halogenated alkanes) is 1. The Bertz CT molecular complexity index is 672. The van der Waals surface area contributed by atoms with E-state index in [1.54, 1.807) is 6.07 Å². The first-order chi connectivity index (χ1) is 10.7. The first kappa shape index (κ1) is 15.5. The minimum absolute atomic E-state index is 0.331. The zero-order valence-electron chi connectivity index (χ0n) is 12.4. The van der Waals surface area contributed by atoms with Crippen LogP contribution in [0.25, 0.3) is 0 Å². The first-order valence-electron chi connectivity index (χ1n) is 7.52. The van der Waals surface area contributed by atoms with E-state index in [9.17, 15) is 8.78 Å². The van der Waals surface area contributed by atoms with Crippen LogP contribution in [0.5, 0.6) is 0 Å². The molecule has 0 aromatic heterocycles. The Morgan fingerprint density at radius 1 is 1.14 bits per heavy atom. The molecular weight excluding hydrogens is 302 g/mol. The van der Waals surface area contributed by atoms with Crippen molar-refractivity contribution in [3.05, 3.63) is 64.7 Å². The third kappa shape index (κ3) is 2.90. The van der Waals surface area contributed by atoms with Gasteiger partial charge in [-0.05, 0) is 29.7 Å². The molecule has 0 saturated carbocycles. The molecule has 116 valence electrons. The Labute approximate surface area is 133 Å². The Balaban J connectivity index is 2.07. The lowest BCUT2D eigenvalue weighted by Crippen LogP contribution is -2.10. The minimum atomic E-state index is -0.794. The topological polar surface area (TPSA) is 9.23 Å². The largest absolute Gasteiger partial charge is 0.369 e. The molecule has 0 spiro atoms. The van der Waals surface area contributed by atoms with Gasteiger partial charge in [0.15, 0.2) is 11.6 Å². The fraction of sp³-hybridized carbons (Fsp3) is 0.333. The molecule has 0 N–H and O–H groups in total. The fourth-order valence-electron chi connectivity index (χ4n) is 2.67. The second-order valence-corrected chi connectivity index (χ2v) is 6.38. The molecule has 0 amide bonds. The quantitative estimate of drug-likeness (QED) is 0.690. The maximum atomic E-state index is 14.2. The molecule has 3 rings (SSSR count). The number of halogens is 2. The molecule has 1 unspecified atom stereocenters. The van der Waals surface area contributed by atoms with Crippen LogP contribution in [-0.4, -0.2) is 6.61 Å². The van der Waals surface area contributed by atoms with Crippen molar-refractivity contribution < 1.29 is 13.5 Å². The Hall–Kier alpha value is -1.39. The van der Waals surface area contributed by atoms with Crippen molar-refractivity contribution in [2.75, 3.05) is 6.61 Å². The van der Waals surface area contributed by atoms with Crippen LogP contribution < -0.4 is 0 Å². The van der Waals surface area contributed by atoms with Crippen LogP contribution in [0.15, 0.2) is 41.3 Å². The number of rotatable bonds is 4. The van der Waals surface area contributed by atoms with Gasteiger partial charge in [-0.2, -0.15) is 0 Å². The number of fused-ring (bicyclic) bond motifs is 2. The van der Waals surface area contributed by atoms with E-state index in [0.29, 0.717) is 17.9 Å². The van der Waals surface area contributed by atoms with Gasteiger partial charge in [0.1, 0.15) is 6.10 Å². The number of hydrogen-bond acceptors (Lipinski definition) is 2. The van der Waals surface area contributed by atoms with Crippen LogP contribution in [0, 0.1) is 11.6 Å². The smallest absolute Gasteiger partial charge is 0.163 e. The molecule has 1 atom stereocenters. The molecule has 1 nitrogen and oxygen atoms in total. The third-order valence-corrected chi connectivity index (χ3v) is 4.99. The maximum absolute atomic E-state index is 14.2. The van der Waals surface area contributed by atoms with E-state index in [-0.39, 0.29) is 6.10 Å². The van der Waals surface area contributed by atoms with Crippen LogP contribution in [0.3, 0.4) is 0 Å². The lowest BCUT2D eigenvalue weighted by molar-refractivity contribution is 0.0757. The van der Waals surface area contributed by atoms with Gasteiger partial charge in [-0.3, -0.25) is 0 Å². The maximum Gasteiger partial charge on any atom is 0.163 e. The molecule has 1 aliphatic heterocycles. The number of hydrogen-bond donors (Lipinski definition) is 0. The van der Waals surface area contributed by atoms with Crippen molar-refractivity contribution >= 4 is 11.8 Å². The SMILES string of the molecule is CCCCOC1c2ccccc2SCc2c1ccc(F)c2F. The van der Waals surface area contributed by atoms with E-state index >= 15 is 0 Å². The van der Waals surface area contributed by atoms with E-state index in [2.05, 4.69) is 6.92 Å². The normalized spacial score (nSPS) is 16.8. The summed E-state index contributed by atoms with van der Waals surface area (Å²) in [5.41, 5.74) is 2.20. The van der Waals surface area contributed by atoms with Crippen molar-refractivity contribution in [3.8, 4) is 0 Å². The highest BCUT2D eigenvalue weighted by Gasteiger charge is 2.27. The summed E-state index contributed by atoms with van der Waals surface area (Å²) in [6.45, 7) is 2.71. The van der Waals surface area contributed by atoms with Gasteiger partial charge in [-0.25, -0.2) is 8.78 Å². The van der Waals surface area contributed by atoms with Crippen LogP contribution in [0.1, 0.15) is 42.6 Å². The average molecular weight is 320 g/mol. The standard InChI is InChI=1S/C18H18F2OS/c1-2-3-10-21-18-12-8-9-15(19)17(20)14(12)11-22-16-7-5-4-6-13(16)18/h4-9,18H,2-3,10-11H2,1H3. The Kier molecular flexibility index (Phi) is 4.79. The van der Waals surface area contributed by atoms with Crippen LogP contribution in [0.2, 0.25) is 0 Å². The highest BCUT2D eigenvalue weighted by atomic mass is 32.2. The first-order valence-corrected chi connectivity index (χ1v) is 8.51. The van der Waals surface area contributed by atoms with Crippen molar-refractivity contribution in [2.24, 2.45) is 0 Å². The van der Waals surface area contributed by atoms with Crippen molar-refractivity contribution in [2.45, 2.75) is 36.5 Å². The van der Waals surface area contributed by atoms with Crippen molar-refractivity contribution in [1.29, 1.82) is 0 Å². The van der Waals surface area contributed by atoms with Gasteiger partial charge in [0, 0.05) is 22.8 Å². The number of ether oxygens (including phenoxy) is 1. The van der Waals surface area contributed by atoms with Gasteiger partial charge in [0.2, 0.25) is 0 Å². The molecule has 0 radical (unpaired) electrons. The van der Waals surface area contributed by atoms with Gasteiger partial charge >= 0.3 is 0 Å². The van der Waals surface area contributed by atoms with Crippen LogP contribution in [-0.2, 0) is 10.5 Å². The van der Waals surface area contributed by atoms with E-state index < -0.39 is 11.6 Å². The van der Waals surface area contributed by atoms with E-state index in [1.165, 1.54) is 17.8 Å². The molecule has 0 bridgehead atoms. The Morgan fingerprint density at radius 3 is 2.77 bits per heavy atom. The van der Waals surface area contributed by atoms with E-state index in [4.69, 9.17) is 4.74 Å². The van der Waals surface area contributed by atoms with Gasteiger partial charge in [-0.1, -0.05) is 37.6 Å².